The Balaban J connectivity index is 1.47. The summed E-state index contributed by atoms with van der Waals surface area (Å²) in [6.45, 7) is 4.53. The Hall–Kier alpha value is -3.58. The molecule has 1 saturated heterocycles. The number of methoxy groups -OCH3 is 1. The lowest BCUT2D eigenvalue weighted by molar-refractivity contribution is -0.129. The fourth-order valence-electron chi connectivity index (χ4n) is 5.40. The summed E-state index contributed by atoms with van der Waals surface area (Å²) in [4.78, 5) is 14.2. The Morgan fingerprint density at radius 1 is 1.06 bits per heavy atom. The molecule has 35 heavy (non-hydrogen) atoms. The Bertz CT molecular complexity index is 1380. The molecule has 1 fully saturated rings. The molecule has 0 saturated carbocycles. The fraction of sp³-hybridized carbons (Fsp3) is 0.357. The molecule has 7 heteroatoms. The highest BCUT2D eigenvalue weighted by Gasteiger charge is 2.30. The first-order valence-electron chi connectivity index (χ1n) is 12.3. The van der Waals surface area contributed by atoms with E-state index in [-0.39, 0.29) is 5.91 Å². The molecule has 2 aliphatic rings. The van der Waals surface area contributed by atoms with E-state index in [4.69, 9.17) is 14.6 Å². The molecular formula is C28H30N4O3. The van der Waals surface area contributed by atoms with Crippen LogP contribution >= 0.6 is 0 Å². The molecular weight excluding hydrogens is 440 g/mol. The molecule has 4 aromatic rings. The summed E-state index contributed by atoms with van der Waals surface area (Å²) >= 11 is 0. The van der Waals surface area contributed by atoms with Crippen molar-refractivity contribution in [1.29, 1.82) is 0 Å². The van der Waals surface area contributed by atoms with Gasteiger partial charge >= 0.3 is 0 Å². The van der Waals surface area contributed by atoms with Gasteiger partial charge in [-0.3, -0.25) is 14.0 Å². The normalized spacial score (nSPS) is 16.5. The molecule has 0 spiro atoms. The van der Waals surface area contributed by atoms with E-state index < -0.39 is 0 Å². The first kappa shape index (κ1) is 21.9. The van der Waals surface area contributed by atoms with Crippen LogP contribution in [0, 0.1) is 0 Å². The Morgan fingerprint density at radius 3 is 2.57 bits per heavy atom. The molecule has 180 valence electrons. The van der Waals surface area contributed by atoms with Gasteiger partial charge in [0.2, 0.25) is 5.91 Å². The SMILES string of the molecule is COc1ccc(-c2ccc3ccn(-c4nn(C5CCOCC5)c5c4CN(C(C)=O)CC5)c3c2)cc1. The average Bonchev–Trinajstić information content (AvgIpc) is 3.49. The van der Waals surface area contributed by atoms with Crippen molar-refractivity contribution >= 4 is 16.8 Å². The van der Waals surface area contributed by atoms with E-state index in [1.165, 1.54) is 5.69 Å². The standard InChI is InChI=1S/C28H30N4O3/c1-19(33)30-13-10-26-25(18-30)28(29-32(26)23-11-15-35-16-12-23)31-14-9-21-3-4-22(17-27(21)31)20-5-7-24(34-2)8-6-20/h3-9,14,17,23H,10-13,15-16,18H2,1-2H3. The van der Waals surface area contributed by atoms with Gasteiger partial charge in [-0.2, -0.15) is 5.10 Å². The minimum absolute atomic E-state index is 0.111. The summed E-state index contributed by atoms with van der Waals surface area (Å²) in [5.74, 6) is 1.89. The van der Waals surface area contributed by atoms with E-state index in [0.717, 1.165) is 78.2 Å². The number of hydrogen-bond acceptors (Lipinski definition) is 4. The van der Waals surface area contributed by atoms with Gasteiger partial charge in [-0.25, -0.2) is 0 Å². The van der Waals surface area contributed by atoms with Crippen molar-refractivity contribution in [2.75, 3.05) is 26.9 Å². The van der Waals surface area contributed by atoms with E-state index in [9.17, 15) is 4.79 Å². The molecule has 0 N–H and O–H groups in total. The van der Waals surface area contributed by atoms with Crippen LogP contribution in [0.1, 0.15) is 37.1 Å². The second kappa shape index (κ2) is 8.89. The summed E-state index contributed by atoms with van der Waals surface area (Å²) in [5.41, 5.74) is 5.81. The monoisotopic (exact) mass is 470 g/mol. The molecule has 1 amide bonds. The van der Waals surface area contributed by atoms with Gasteiger partial charge in [-0.05, 0) is 48.2 Å². The number of nitrogens with zero attached hydrogens (tertiary/aromatic N) is 4. The Morgan fingerprint density at radius 2 is 1.83 bits per heavy atom. The van der Waals surface area contributed by atoms with Gasteiger partial charge in [0.05, 0.1) is 25.2 Å². The van der Waals surface area contributed by atoms with Crippen LogP contribution in [0.15, 0.2) is 54.7 Å². The number of rotatable bonds is 4. The van der Waals surface area contributed by atoms with Crippen LogP contribution in [-0.4, -0.2) is 52.0 Å². The number of benzene rings is 2. The highest BCUT2D eigenvalue weighted by Crippen LogP contribution is 2.34. The summed E-state index contributed by atoms with van der Waals surface area (Å²) in [6.07, 6.45) is 4.87. The number of hydrogen-bond donors (Lipinski definition) is 0. The highest BCUT2D eigenvalue weighted by molar-refractivity contribution is 5.87. The number of carbonyl (C=O) groups excluding carboxylic acids is 1. The zero-order valence-electron chi connectivity index (χ0n) is 20.2. The predicted octanol–water partition coefficient (Wildman–Crippen LogP) is 4.76. The summed E-state index contributed by atoms with van der Waals surface area (Å²) in [7, 11) is 1.68. The number of ether oxygens (including phenoxy) is 2. The van der Waals surface area contributed by atoms with E-state index in [0.29, 0.717) is 12.6 Å². The summed E-state index contributed by atoms with van der Waals surface area (Å²) < 4.78 is 15.4. The molecule has 4 heterocycles. The van der Waals surface area contributed by atoms with Crippen molar-refractivity contribution in [1.82, 2.24) is 19.2 Å². The van der Waals surface area contributed by atoms with Crippen LogP contribution < -0.4 is 4.74 Å². The first-order chi connectivity index (χ1) is 17.1. The van der Waals surface area contributed by atoms with Crippen molar-refractivity contribution in [3.63, 3.8) is 0 Å². The second-order valence-electron chi connectivity index (χ2n) is 9.42. The van der Waals surface area contributed by atoms with Crippen molar-refractivity contribution in [3.05, 3.63) is 66.0 Å². The predicted molar refractivity (Wildman–Crippen MR) is 135 cm³/mol. The zero-order chi connectivity index (χ0) is 23.9. The lowest BCUT2D eigenvalue weighted by Crippen LogP contribution is -2.35. The van der Waals surface area contributed by atoms with Gasteiger partial charge in [0.15, 0.2) is 5.82 Å². The van der Waals surface area contributed by atoms with Crippen LogP contribution in [0.25, 0.3) is 27.8 Å². The third-order valence-corrected chi connectivity index (χ3v) is 7.39. The third kappa shape index (κ3) is 3.90. The zero-order valence-corrected chi connectivity index (χ0v) is 20.2. The van der Waals surface area contributed by atoms with Gasteiger partial charge in [0.25, 0.3) is 0 Å². The van der Waals surface area contributed by atoms with Gasteiger partial charge in [-0.15, -0.1) is 0 Å². The van der Waals surface area contributed by atoms with Gasteiger partial charge < -0.3 is 14.4 Å². The molecule has 0 bridgehead atoms. The van der Waals surface area contributed by atoms with Crippen LogP contribution in [0.3, 0.4) is 0 Å². The second-order valence-corrected chi connectivity index (χ2v) is 9.42. The number of fused-ring (bicyclic) bond motifs is 2. The molecule has 0 radical (unpaired) electrons. The smallest absolute Gasteiger partial charge is 0.219 e. The van der Waals surface area contributed by atoms with Crippen LogP contribution in [0.4, 0.5) is 0 Å². The maximum absolute atomic E-state index is 12.2. The van der Waals surface area contributed by atoms with Gasteiger partial charge in [-0.1, -0.05) is 24.3 Å². The van der Waals surface area contributed by atoms with Crippen molar-refractivity contribution < 1.29 is 14.3 Å². The molecule has 0 atom stereocenters. The van der Waals surface area contributed by atoms with Crippen LogP contribution in [0.5, 0.6) is 5.75 Å². The molecule has 6 rings (SSSR count). The molecule has 7 nitrogen and oxygen atoms in total. The summed E-state index contributed by atoms with van der Waals surface area (Å²) in [5, 5.41) is 6.36. The van der Waals surface area contributed by atoms with Crippen molar-refractivity contribution in [3.8, 4) is 22.7 Å². The fourth-order valence-corrected chi connectivity index (χ4v) is 5.40. The van der Waals surface area contributed by atoms with Crippen molar-refractivity contribution in [2.45, 2.75) is 38.8 Å². The largest absolute Gasteiger partial charge is 0.497 e. The molecule has 2 aromatic heterocycles. The maximum atomic E-state index is 12.2. The lowest BCUT2D eigenvalue weighted by atomic mass is 10.0. The van der Waals surface area contributed by atoms with Crippen molar-refractivity contribution in [2.24, 2.45) is 0 Å². The van der Waals surface area contributed by atoms with E-state index in [1.54, 1.807) is 14.0 Å². The average molecular weight is 471 g/mol. The summed E-state index contributed by atoms with van der Waals surface area (Å²) in [6, 6.07) is 17.2. The number of amides is 1. The molecule has 2 aromatic carbocycles. The van der Waals surface area contributed by atoms with Crippen LogP contribution in [0.2, 0.25) is 0 Å². The van der Waals surface area contributed by atoms with Gasteiger partial charge in [0, 0.05) is 55.9 Å². The minimum Gasteiger partial charge on any atom is -0.497 e. The molecule has 2 aliphatic heterocycles. The third-order valence-electron chi connectivity index (χ3n) is 7.39. The Kier molecular flexibility index (Phi) is 5.57. The quantitative estimate of drug-likeness (QED) is 0.432. The van der Waals surface area contributed by atoms with Gasteiger partial charge in [0.1, 0.15) is 5.75 Å². The maximum Gasteiger partial charge on any atom is 0.219 e. The van der Waals surface area contributed by atoms with E-state index in [2.05, 4.69) is 51.8 Å². The van der Waals surface area contributed by atoms with E-state index in [1.807, 2.05) is 17.0 Å². The number of aromatic nitrogens is 3. The Labute approximate surface area is 204 Å². The highest BCUT2D eigenvalue weighted by atomic mass is 16.5. The van der Waals surface area contributed by atoms with E-state index >= 15 is 0 Å². The number of carbonyl (C=O) groups is 1. The first-order valence-corrected chi connectivity index (χ1v) is 12.3. The minimum atomic E-state index is 0.111. The van der Waals surface area contributed by atoms with Crippen LogP contribution in [-0.2, 0) is 22.5 Å². The lowest BCUT2D eigenvalue weighted by Gasteiger charge is -2.29. The topological polar surface area (TPSA) is 61.5 Å². The molecule has 0 unspecified atom stereocenters. The molecule has 0 aliphatic carbocycles.